The first-order valence-electron chi connectivity index (χ1n) is 5.37. The molecule has 1 rings (SSSR count). The molecule has 0 spiro atoms. The third-order valence-electron chi connectivity index (χ3n) is 2.99. The van der Waals surface area contributed by atoms with Crippen LogP contribution < -0.4 is 0 Å². The van der Waals surface area contributed by atoms with Crippen LogP contribution in [0.4, 0.5) is 0 Å². The first-order chi connectivity index (χ1) is 6.05. The van der Waals surface area contributed by atoms with Gasteiger partial charge >= 0.3 is 0 Å². The van der Waals surface area contributed by atoms with Crippen LogP contribution >= 0.6 is 0 Å². The van der Waals surface area contributed by atoms with E-state index in [2.05, 4.69) is 25.7 Å². The number of piperidine rings is 1. The van der Waals surface area contributed by atoms with Gasteiger partial charge in [0.25, 0.3) is 0 Å². The summed E-state index contributed by atoms with van der Waals surface area (Å²) in [7, 11) is 0. The Balaban J connectivity index is 2.36. The van der Waals surface area contributed by atoms with Gasteiger partial charge in [0, 0.05) is 19.5 Å². The molecule has 0 aliphatic carbocycles. The molecule has 1 saturated heterocycles. The zero-order valence-electron chi connectivity index (χ0n) is 9.19. The first kappa shape index (κ1) is 10.6. The van der Waals surface area contributed by atoms with E-state index in [1.54, 1.807) is 0 Å². The fourth-order valence-corrected chi connectivity index (χ4v) is 1.78. The van der Waals surface area contributed by atoms with Crippen molar-refractivity contribution in [2.75, 3.05) is 13.1 Å². The number of rotatable bonds is 2. The van der Waals surface area contributed by atoms with Crippen molar-refractivity contribution in [3.8, 4) is 0 Å². The Labute approximate surface area is 81.8 Å². The maximum atomic E-state index is 7.84. The number of nitrogens with zero attached hydrogens (tertiary/aromatic N) is 1. The Bertz CT molecular complexity index is 175. The summed E-state index contributed by atoms with van der Waals surface area (Å²) >= 11 is 0. The van der Waals surface area contributed by atoms with Crippen molar-refractivity contribution in [2.24, 2.45) is 5.41 Å². The molecule has 0 aromatic carbocycles. The fraction of sp³-hybridized carbons (Fsp3) is 0.909. The largest absolute Gasteiger partial charge is 0.361 e. The highest BCUT2D eigenvalue weighted by Crippen LogP contribution is 2.29. The van der Waals surface area contributed by atoms with Gasteiger partial charge in [-0.1, -0.05) is 20.8 Å². The second-order valence-electron chi connectivity index (χ2n) is 4.85. The molecule has 0 bridgehead atoms. The third kappa shape index (κ3) is 3.02. The van der Waals surface area contributed by atoms with E-state index < -0.39 is 0 Å². The minimum absolute atomic E-state index is 0.503. The normalized spacial score (nSPS) is 21.6. The molecule has 1 N–H and O–H groups in total. The molecule has 0 amide bonds. The van der Waals surface area contributed by atoms with Crippen molar-refractivity contribution in [3.63, 3.8) is 0 Å². The minimum atomic E-state index is 0.503. The van der Waals surface area contributed by atoms with Gasteiger partial charge in [-0.2, -0.15) is 0 Å². The average Bonchev–Trinajstić information content (AvgIpc) is 2.04. The van der Waals surface area contributed by atoms with E-state index in [-0.39, 0.29) is 0 Å². The zero-order valence-corrected chi connectivity index (χ0v) is 9.19. The molecule has 0 atom stereocenters. The van der Waals surface area contributed by atoms with Crippen molar-refractivity contribution < 1.29 is 0 Å². The summed E-state index contributed by atoms with van der Waals surface area (Å²) in [5.74, 6) is 0.845. The maximum Gasteiger partial charge on any atom is 0.0957 e. The molecular formula is C11H22N2. The third-order valence-corrected chi connectivity index (χ3v) is 2.99. The van der Waals surface area contributed by atoms with Gasteiger partial charge in [0.1, 0.15) is 0 Å². The Morgan fingerprint density at radius 2 is 1.85 bits per heavy atom. The highest BCUT2D eigenvalue weighted by atomic mass is 15.2. The summed E-state index contributed by atoms with van der Waals surface area (Å²) in [4.78, 5) is 2.24. The number of hydrogen-bond acceptors (Lipinski definition) is 1. The number of hydrogen-bond donors (Lipinski definition) is 1. The predicted molar refractivity (Wildman–Crippen MR) is 57.2 cm³/mol. The summed E-state index contributed by atoms with van der Waals surface area (Å²) in [6, 6.07) is 0. The second kappa shape index (κ2) is 4.12. The van der Waals surface area contributed by atoms with Crippen LogP contribution in [-0.4, -0.2) is 23.8 Å². The quantitative estimate of drug-likeness (QED) is 0.516. The van der Waals surface area contributed by atoms with Crippen molar-refractivity contribution in [3.05, 3.63) is 0 Å². The Morgan fingerprint density at radius 3 is 2.31 bits per heavy atom. The average molecular weight is 182 g/mol. The molecule has 2 heteroatoms. The molecular weight excluding hydrogens is 160 g/mol. The van der Waals surface area contributed by atoms with E-state index in [0.717, 1.165) is 31.8 Å². The monoisotopic (exact) mass is 182 g/mol. The Hall–Kier alpha value is -0.530. The van der Waals surface area contributed by atoms with E-state index in [4.69, 9.17) is 5.41 Å². The molecule has 0 unspecified atom stereocenters. The molecule has 1 fully saturated rings. The lowest BCUT2D eigenvalue weighted by Crippen LogP contribution is -2.40. The summed E-state index contributed by atoms with van der Waals surface area (Å²) in [6.45, 7) is 8.97. The van der Waals surface area contributed by atoms with Gasteiger partial charge in [0.2, 0.25) is 0 Å². The molecule has 76 valence electrons. The lowest BCUT2D eigenvalue weighted by atomic mass is 9.82. The van der Waals surface area contributed by atoms with Crippen LogP contribution in [0, 0.1) is 10.8 Å². The molecule has 0 saturated carbocycles. The number of likely N-dealkylation sites (tertiary alicyclic amines) is 1. The molecule has 13 heavy (non-hydrogen) atoms. The SMILES string of the molecule is CCCC(=N)N1CCC(C)(C)CC1. The van der Waals surface area contributed by atoms with Crippen molar-refractivity contribution in [1.82, 2.24) is 4.90 Å². The summed E-state index contributed by atoms with van der Waals surface area (Å²) < 4.78 is 0. The van der Waals surface area contributed by atoms with Crippen molar-refractivity contribution in [2.45, 2.75) is 46.5 Å². The maximum absolute atomic E-state index is 7.84. The van der Waals surface area contributed by atoms with Gasteiger partial charge in [-0.25, -0.2) is 0 Å². The van der Waals surface area contributed by atoms with Crippen molar-refractivity contribution in [1.29, 1.82) is 5.41 Å². The van der Waals surface area contributed by atoms with Gasteiger partial charge in [0.05, 0.1) is 5.84 Å². The highest BCUT2D eigenvalue weighted by Gasteiger charge is 2.25. The van der Waals surface area contributed by atoms with Crippen molar-refractivity contribution >= 4 is 5.84 Å². The second-order valence-corrected chi connectivity index (χ2v) is 4.85. The van der Waals surface area contributed by atoms with E-state index >= 15 is 0 Å². The molecule has 1 aliphatic heterocycles. The molecule has 1 aliphatic rings. The van der Waals surface area contributed by atoms with E-state index in [1.807, 2.05) is 0 Å². The van der Waals surface area contributed by atoms with Crippen LogP contribution in [0.5, 0.6) is 0 Å². The highest BCUT2D eigenvalue weighted by molar-refractivity contribution is 5.79. The Kier molecular flexibility index (Phi) is 3.34. The number of amidine groups is 1. The van der Waals surface area contributed by atoms with Gasteiger partial charge in [-0.15, -0.1) is 0 Å². The predicted octanol–water partition coefficient (Wildman–Crippen LogP) is 2.89. The van der Waals surface area contributed by atoms with Crippen LogP contribution in [0.2, 0.25) is 0 Å². The van der Waals surface area contributed by atoms with Gasteiger partial charge in [-0.05, 0) is 24.7 Å². The van der Waals surface area contributed by atoms with E-state index in [1.165, 1.54) is 12.8 Å². The zero-order chi connectivity index (χ0) is 9.90. The fourth-order valence-electron chi connectivity index (χ4n) is 1.78. The summed E-state index contributed by atoms with van der Waals surface area (Å²) in [5.41, 5.74) is 0.503. The first-order valence-corrected chi connectivity index (χ1v) is 5.37. The topological polar surface area (TPSA) is 27.1 Å². The van der Waals surface area contributed by atoms with Gasteiger partial charge in [0.15, 0.2) is 0 Å². The smallest absolute Gasteiger partial charge is 0.0957 e. The van der Waals surface area contributed by atoms with E-state index in [9.17, 15) is 0 Å². The Morgan fingerprint density at radius 1 is 1.31 bits per heavy atom. The molecule has 0 aromatic rings. The van der Waals surface area contributed by atoms with Crippen LogP contribution in [0.25, 0.3) is 0 Å². The molecule has 1 heterocycles. The summed E-state index contributed by atoms with van der Waals surface area (Å²) in [5, 5.41) is 7.84. The van der Waals surface area contributed by atoms with Crippen LogP contribution in [-0.2, 0) is 0 Å². The van der Waals surface area contributed by atoms with Gasteiger partial charge in [-0.3, -0.25) is 5.41 Å². The van der Waals surface area contributed by atoms with Gasteiger partial charge < -0.3 is 4.90 Å². The lowest BCUT2D eigenvalue weighted by molar-refractivity contribution is 0.186. The molecule has 0 radical (unpaired) electrons. The van der Waals surface area contributed by atoms with Crippen LogP contribution in [0.1, 0.15) is 46.5 Å². The summed E-state index contributed by atoms with van der Waals surface area (Å²) in [6.07, 6.45) is 4.51. The van der Waals surface area contributed by atoms with Crippen LogP contribution in [0.3, 0.4) is 0 Å². The van der Waals surface area contributed by atoms with Crippen LogP contribution in [0.15, 0.2) is 0 Å². The minimum Gasteiger partial charge on any atom is -0.361 e. The number of nitrogens with one attached hydrogen (secondary N) is 1. The molecule has 2 nitrogen and oxygen atoms in total. The lowest BCUT2D eigenvalue weighted by Gasteiger charge is -2.38. The molecule has 0 aromatic heterocycles. The van der Waals surface area contributed by atoms with E-state index in [0.29, 0.717) is 5.41 Å². The standard InChI is InChI=1S/C11H22N2/c1-4-5-10(12)13-8-6-11(2,3)7-9-13/h12H,4-9H2,1-3H3.